The van der Waals surface area contributed by atoms with Gasteiger partial charge in [0.25, 0.3) is 0 Å². The molecule has 0 bridgehead atoms. The number of carboxylic acids is 1. The molecule has 0 radical (unpaired) electrons. The van der Waals surface area contributed by atoms with Crippen LogP contribution in [0.4, 0.5) is 0 Å². The lowest BCUT2D eigenvalue weighted by atomic mass is 9.92. The molecule has 1 aromatic heterocycles. The highest BCUT2D eigenvalue weighted by molar-refractivity contribution is 6.17. The molecule has 2 N–H and O–H groups in total. The van der Waals surface area contributed by atoms with Crippen molar-refractivity contribution in [3.8, 4) is 0 Å². The fourth-order valence-electron chi connectivity index (χ4n) is 3.37. The van der Waals surface area contributed by atoms with Gasteiger partial charge in [-0.05, 0) is 30.5 Å². The Morgan fingerprint density at radius 2 is 1.67 bits per heavy atom. The van der Waals surface area contributed by atoms with Crippen LogP contribution in [0.5, 0.6) is 0 Å². The summed E-state index contributed by atoms with van der Waals surface area (Å²) in [4.78, 5) is 39.9. The fraction of sp³-hybridized carbons (Fsp3) is 0.125. The second-order valence-corrected chi connectivity index (χ2v) is 6.73. The zero-order valence-electron chi connectivity index (χ0n) is 16.6. The largest absolute Gasteiger partial charge is 0.478 e. The van der Waals surface area contributed by atoms with Crippen LogP contribution in [0.25, 0.3) is 6.08 Å². The van der Waals surface area contributed by atoms with Crippen molar-refractivity contribution in [2.24, 2.45) is 0 Å². The van der Waals surface area contributed by atoms with E-state index in [4.69, 9.17) is 9.84 Å². The number of ether oxygens (including phenoxy) is 1. The van der Waals surface area contributed by atoms with Crippen molar-refractivity contribution in [3.63, 3.8) is 0 Å². The van der Waals surface area contributed by atoms with Crippen LogP contribution in [0.1, 0.15) is 48.8 Å². The molecule has 0 aliphatic carbocycles. The van der Waals surface area contributed by atoms with Crippen LogP contribution in [0.2, 0.25) is 0 Å². The highest BCUT2D eigenvalue weighted by Crippen LogP contribution is 2.26. The molecule has 152 valence electrons. The highest BCUT2D eigenvalue weighted by atomic mass is 16.5. The van der Waals surface area contributed by atoms with Crippen LogP contribution in [0.3, 0.4) is 0 Å². The quantitative estimate of drug-likeness (QED) is 0.353. The summed E-state index contributed by atoms with van der Waals surface area (Å²) in [5, 5.41) is 8.98. The summed E-state index contributed by atoms with van der Waals surface area (Å²) >= 11 is 0. The Balaban J connectivity index is 2.13. The maximum atomic E-state index is 13.6. The van der Waals surface area contributed by atoms with E-state index in [2.05, 4.69) is 4.98 Å². The van der Waals surface area contributed by atoms with Gasteiger partial charge in [-0.25, -0.2) is 9.59 Å². The second-order valence-electron chi connectivity index (χ2n) is 6.73. The number of carbonyl (C=O) groups excluding carboxylic acids is 2. The standard InChI is InChI=1S/C24H21NO5/c1-15-21(24(29)30-2)22(19(25-15)12-13-20(26)27)23(28)18-11-7-6-10-17(18)14-16-8-4-3-5-9-16/h3-13,25H,14H2,1-2H3,(H,26,27)/b13-12+. The summed E-state index contributed by atoms with van der Waals surface area (Å²) in [6.07, 6.45) is 2.73. The number of carboxylic acid groups (broad SMARTS) is 1. The lowest BCUT2D eigenvalue weighted by Crippen LogP contribution is -2.13. The third-order valence-electron chi connectivity index (χ3n) is 4.73. The van der Waals surface area contributed by atoms with E-state index in [0.29, 0.717) is 17.7 Å². The minimum absolute atomic E-state index is 0.0948. The number of esters is 1. The van der Waals surface area contributed by atoms with Crippen molar-refractivity contribution in [1.29, 1.82) is 0 Å². The number of hydrogen-bond acceptors (Lipinski definition) is 4. The summed E-state index contributed by atoms with van der Waals surface area (Å²) in [6.45, 7) is 1.64. The molecule has 30 heavy (non-hydrogen) atoms. The van der Waals surface area contributed by atoms with Gasteiger partial charge in [0.1, 0.15) is 0 Å². The van der Waals surface area contributed by atoms with Crippen LogP contribution in [-0.2, 0) is 16.0 Å². The molecule has 0 saturated heterocycles. The van der Waals surface area contributed by atoms with E-state index in [1.54, 1.807) is 19.1 Å². The molecule has 0 aliphatic heterocycles. The number of aromatic nitrogens is 1. The number of aryl methyl sites for hydroxylation is 1. The number of aromatic amines is 1. The van der Waals surface area contributed by atoms with Crippen molar-refractivity contribution in [3.05, 3.63) is 99.9 Å². The Hall–Kier alpha value is -3.93. The van der Waals surface area contributed by atoms with Crippen molar-refractivity contribution in [1.82, 2.24) is 4.98 Å². The first-order valence-corrected chi connectivity index (χ1v) is 9.30. The molecule has 0 unspecified atom stereocenters. The Bertz CT molecular complexity index is 1130. The fourth-order valence-corrected chi connectivity index (χ4v) is 3.37. The number of aliphatic carboxylic acids is 1. The number of nitrogens with one attached hydrogen (secondary N) is 1. The zero-order chi connectivity index (χ0) is 21.7. The molecule has 0 amide bonds. The predicted octanol–water partition coefficient (Wildman–Crippen LogP) is 4.03. The number of rotatable bonds is 7. The van der Waals surface area contributed by atoms with E-state index in [1.165, 1.54) is 13.2 Å². The molecule has 3 rings (SSSR count). The summed E-state index contributed by atoms with van der Waals surface area (Å²) in [5.74, 6) is -2.20. The van der Waals surface area contributed by atoms with E-state index in [9.17, 15) is 14.4 Å². The van der Waals surface area contributed by atoms with Gasteiger partial charge in [-0.15, -0.1) is 0 Å². The summed E-state index contributed by atoms with van der Waals surface area (Å²) in [7, 11) is 1.24. The predicted molar refractivity (Wildman–Crippen MR) is 113 cm³/mol. The van der Waals surface area contributed by atoms with Gasteiger partial charge >= 0.3 is 11.9 Å². The first-order valence-electron chi connectivity index (χ1n) is 9.30. The van der Waals surface area contributed by atoms with Crippen LogP contribution >= 0.6 is 0 Å². The first kappa shape index (κ1) is 20.8. The van der Waals surface area contributed by atoms with Crippen LogP contribution in [-0.4, -0.2) is 34.9 Å². The third-order valence-corrected chi connectivity index (χ3v) is 4.73. The SMILES string of the molecule is COC(=O)c1c(C)[nH]c(/C=C/C(=O)O)c1C(=O)c1ccccc1Cc1ccccc1. The van der Waals surface area contributed by atoms with Crippen LogP contribution < -0.4 is 0 Å². The van der Waals surface area contributed by atoms with Gasteiger partial charge in [-0.1, -0.05) is 54.6 Å². The normalized spacial score (nSPS) is 10.9. The van der Waals surface area contributed by atoms with Crippen molar-refractivity contribution in [2.45, 2.75) is 13.3 Å². The maximum Gasteiger partial charge on any atom is 0.340 e. The average Bonchev–Trinajstić information content (AvgIpc) is 3.08. The topological polar surface area (TPSA) is 96.5 Å². The van der Waals surface area contributed by atoms with Gasteiger partial charge in [0, 0.05) is 17.3 Å². The van der Waals surface area contributed by atoms with Crippen LogP contribution in [0.15, 0.2) is 60.7 Å². The Kier molecular flexibility index (Phi) is 6.27. The molecule has 6 heteroatoms. The van der Waals surface area contributed by atoms with E-state index >= 15 is 0 Å². The monoisotopic (exact) mass is 403 g/mol. The smallest absolute Gasteiger partial charge is 0.340 e. The Labute approximate surface area is 173 Å². The maximum absolute atomic E-state index is 13.6. The van der Waals surface area contributed by atoms with Gasteiger partial charge in [-0.3, -0.25) is 4.79 Å². The van der Waals surface area contributed by atoms with Gasteiger partial charge in [0.15, 0.2) is 5.78 Å². The molecule has 0 fully saturated rings. The van der Waals surface area contributed by atoms with Crippen LogP contribution in [0, 0.1) is 6.92 Å². The third kappa shape index (κ3) is 4.38. The second kappa shape index (κ2) is 9.05. The highest BCUT2D eigenvalue weighted by Gasteiger charge is 2.27. The Morgan fingerprint density at radius 3 is 2.33 bits per heavy atom. The van der Waals surface area contributed by atoms with Crippen molar-refractivity contribution < 1.29 is 24.2 Å². The minimum Gasteiger partial charge on any atom is -0.478 e. The van der Waals surface area contributed by atoms with Gasteiger partial charge in [0.05, 0.1) is 23.9 Å². The van der Waals surface area contributed by atoms with Gasteiger partial charge in [-0.2, -0.15) is 0 Å². The molecule has 0 atom stereocenters. The molecular weight excluding hydrogens is 382 g/mol. The van der Waals surface area contributed by atoms with Crippen molar-refractivity contribution >= 4 is 23.8 Å². The minimum atomic E-state index is -1.16. The number of ketones is 1. The van der Waals surface area contributed by atoms with E-state index < -0.39 is 11.9 Å². The van der Waals surface area contributed by atoms with E-state index in [1.807, 2.05) is 42.5 Å². The molecule has 0 aliphatic rings. The van der Waals surface area contributed by atoms with E-state index in [0.717, 1.165) is 17.2 Å². The molecule has 1 heterocycles. The molecule has 6 nitrogen and oxygen atoms in total. The summed E-state index contributed by atoms with van der Waals surface area (Å²) in [6, 6.07) is 16.9. The lowest BCUT2D eigenvalue weighted by molar-refractivity contribution is -0.131. The summed E-state index contributed by atoms with van der Waals surface area (Å²) < 4.78 is 4.86. The number of methoxy groups -OCH3 is 1. The average molecular weight is 403 g/mol. The first-order chi connectivity index (χ1) is 14.4. The number of benzene rings is 2. The molecular formula is C24H21NO5. The summed E-state index contributed by atoms with van der Waals surface area (Å²) in [5.41, 5.74) is 3.15. The number of carbonyl (C=O) groups is 3. The van der Waals surface area contributed by atoms with Crippen molar-refractivity contribution in [2.75, 3.05) is 7.11 Å². The number of H-pyrrole nitrogens is 1. The van der Waals surface area contributed by atoms with Gasteiger partial charge in [0.2, 0.25) is 0 Å². The Morgan fingerprint density at radius 1 is 1.00 bits per heavy atom. The van der Waals surface area contributed by atoms with E-state index in [-0.39, 0.29) is 22.6 Å². The molecule has 0 spiro atoms. The number of hydrogen-bond donors (Lipinski definition) is 2. The molecule has 2 aromatic carbocycles. The van der Waals surface area contributed by atoms with Gasteiger partial charge < -0.3 is 14.8 Å². The zero-order valence-corrected chi connectivity index (χ0v) is 16.6. The lowest BCUT2D eigenvalue weighted by Gasteiger charge is -2.10. The molecule has 0 saturated carbocycles. The molecule has 3 aromatic rings.